The summed E-state index contributed by atoms with van der Waals surface area (Å²) in [7, 11) is 0. The molecule has 0 saturated heterocycles. The number of esters is 1. The van der Waals surface area contributed by atoms with Crippen molar-refractivity contribution in [2.45, 2.75) is 17.4 Å². The van der Waals surface area contributed by atoms with Crippen LogP contribution in [0.15, 0.2) is 83.8 Å². The lowest BCUT2D eigenvalue weighted by Crippen LogP contribution is -2.42. The van der Waals surface area contributed by atoms with Gasteiger partial charge in [-0.05, 0) is 29.8 Å². The van der Waals surface area contributed by atoms with E-state index in [0.29, 0.717) is 17.2 Å². The first-order valence-electron chi connectivity index (χ1n) is 11.4. The minimum absolute atomic E-state index is 0.0259. The summed E-state index contributed by atoms with van der Waals surface area (Å²) in [5, 5.41) is 0. The molecule has 2 heterocycles. The van der Waals surface area contributed by atoms with E-state index < -0.39 is 5.97 Å². The van der Waals surface area contributed by atoms with Gasteiger partial charge in [0.15, 0.2) is 13.2 Å². The van der Waals surface area contributed by atoms with Gasteiger partial charge in [-0.15, -0.1) is 11.8 Å². The maximum absolute atomic E-state index is 13.3. The molecule has 0 aromatic heterocycles. The number of carbonyl (C=O) groups is 3. The molecule has 3 aromatic rings. The molecule has 0 N–H and O–H groups in total. The summed E-state index contributed by atoms with van der Waals surface area (Å²) >= 11 is 1.71. The van der Waals surface area contributed by atoms with Crippen LogP contribution >= 0.6 is 11.8 Å². The van der Waals surface area contributed by atoms with Crippen LogP contribution in [-0.2, 0) is 19.1 Å². The fourth-order valence-corrected chi connectivity index (χ4v) is 5.47. The Hall–Kier alpha value is -3.78. The van der Waals surface area contributed by atoms with Gasteiger partial charge in [-0.3, -0.25) is 19.3 Å². The van der Waals surface area contributed by atoms with Gasteiger partial charge in [-0.2, -0.15) is 0 Å². The van der Waals surface area contributed by atoms with E-state index in [1.807, 2.05) is 66.7 Å². The molecule has 2 aliphatic heterocycles. The summed E-state index contributed by atoms with van der Waals surface area (Å²) in [5.74, 6) is 0.267. The molecule has 0 bridgehead atoms. The molecule has 7 nitrogen and oxygen atoms in total. The molecule has 5 rings (SSSR count). The van der Waals surface area contributed by atoms with E-state index in [2.05, 4.69) is 0 Å². The first kappa shape index (κ1) is 23.0. The molecule has 0 fully saturated rings. The average molecular weight is 489 g/mol. The van der Waals surface area contributed by atoms with E-state index >= 15 is 0 Å². The molecule has 2 aliphatic rings. The Morgan fingerprint density at radius 1 is 0.943 bits per heavy atom. The number of para-hydroxylation sites is 3. The molecule has 1 unspecified atom stereocenters. The van der Waals surface area contributed by atoms with Gasteiger partial charge >= 0.3 is 5.97 Å². The zero-order valence-electron chi connectivity index (χ0n) is 19.0. The van der Waals surface area contributed by atoms with Gasteiger partial charge in [-0.25, -0.2) is 0 Å². The van der Waals surface area contributed by atoms with Crippen molar-refractivity contribution in [1.82, 2.24) is 0 Å². The summed E-state index contributed by atoms with van der Waals surface area (Å²) in [6, 6.07) is 24.6. The smallest absolute Gasteiger partial charge is 0.308 e. The molecule has 2 amide bonds. The first-order valence-corrected chi connectivity index (χ1v) is 12.4. The lowest BCUT2D eigenvalue weighted by molar-refractivity contribution is -0.147. The summed E-state index contributed by atoms with van der Waals surface area (Å²) in [6.07, 6.45) is -0.0259. The average Bonchev–Trinajstić information content (AvgIpc) is 2.91. The summed E-state index contributed by atoms with van der Waals surface area (Å²) < 4.78 is 10.8. The van der Waals surface area contributed by atoms with Crippen LogP contribution in [0.2, 0.25) is 0 Å². The van der Waals surface area contributed by atoms with Gasteiger partial charge in [0.1, 0.15) is 5.75 Å². The highest BCUT2D eigenvalue weighted by atomic mass is 32.2. The van der Waals surface area contributed by atoms with Crippen molar-refractivity contribution in [2.24, 2.45) is 0 Å². The number of anilines is 2. The van der Waals surface area contributed by atoms with Gasteiger partial charge in [0.2, 0.25) is 0 Å². The SMILES string of the molecule is O=C(CCN1C(=O)COc2ccccc21)OCC(=O)N1c2ccccc2SCC1c1ccccc1. The molecule has 0 radical (unpaired) electrons. The quantitative estimate of drug-likeness (QED) is 0.484. The zero-order chi connectivity index (χ0) is 24.2. The number of amides is 2. The van der Waals surface area contributed by atoms with Crippen LogP contribution in [0, 0.1) is 0 Å². The van der Waals surface area contributed by atoms with Gasteiger partial charge in [0.05, 0.1) is 23.8 Å². The maximum atomic E-state index is 13.3. The number of rotatable bonds is 6. The molecule has 3 aromatic carbocycles. The minimum Gasteiger partial charge on any atom is -0.482 e. The number of thioether (sulfide) groups is 1. The maximum Gasteiger partial charge on any atom is 0.308 e. The van der Waals surface area contributed by atoms with E-state index in [0.717, 1.165) is 16.1 Å². The number of ether oxygens (including phenoxy) is 2. The topological polar surface area (TPSA) is 76.1 Å². The second-order valence-electron chi connectivity index (χ2n) is 8.18. The monoisotopic (exact) mass is 488 g/mol. The number of hydrogen-bond donors (Lipinski definition) is 0. The summed E-state index contributed by atoms with van der Waals surface area (Å²) in [4.78, 5) is 42.4. The highest BCUT2D eigenvalue weighted by molar-refractivity contribution is 7.99. The molecular formula is C27H24N2O5S. The minimum atomic E-state index is -0.536. The molecule has 0 spiro atoms. The molecular weight excluding hydrogens is 464 g/mol. The third kappa shape index (κ3) is 4.88. The Bertz CT molecular complexity index is 1250. The van der Waals surface area contributed by atoms with E-state index in [9.17, 15) is 14.4 Å². The van der Waals surface area contributed by atoms with Crippen LogP contribution in [0.5, 0.6) is 5.75 Å². The van der Waals surface area contributed by atoms with Gasteiger partial charge in [0.25, 0.3) is 11.8 Å². The molecule has 1 atom stereocenters. The van der Waals surface area contributed by atoms with Gasteiger partial charge < -0.3 is 14.4 Å². The Morgan fingerprint density at radius 3 is 2.49 bits per heavy atom. The van der Waals surface area contributed by atoms with E-state index in [1.54, 1.807) is 28.8 Å². The molecule has 0 aliphatic carbocycles. The van der Waals surface area contributed by atoms with E-state index in [4.69, 9.17) is 9.47 Å². The Labute approximate surface area is 207 Å². The zero-order valence-corrected chi connectivity index (χ0v) is 19.8. The second kappa shape index (κ2) is 10.2. The highest BCUT2D eigenvalue weighted by Gasteiger charge is 2.33. The van der Waals surface area contributed by atoms with Crippen LogP contribution in [0.3, 0.4) is 0 Å². The molecule has 0 saturated carbocycles. The second-order valence-corrected chi connectivity index (χ2v) is 9.24. The Balaban J connectivity index is 1.25. The summed E-state index contributed by atoms with van der Waals surface area (Å²) in [6.45, 7) is -0.283. The van der Waals surface area contributed by atoms with Crippen molar-refractivity contribution in [3.63, 3.8) is 0 Å². The number of nitrogens with zero attached hydrogens (tertiary/aromatic N) is 2. The lowest BCUT2D eigenvalue weighted by Gasteiger charge is -2.37. The number of carbonyl (C=O) groups excluding carboxylic acids is 3. The standard InChI is InChI=1S/C27H24N2O5S/c30-25-16-33-23-12-6-4-10-20(23)28(25)15-14-27(32)34-17-26(31)29-21-11-5-7-13-24(21)35-18-22(29)19-8-2-1-3-9-19/h1-13,22H,14-18H2. The fraction of sp³-hybridized carbons (Fsp3) is 0.222. The lowest BCUT2D eigenvalue weighted by atomic mass is 10.1. The van der Waals surface area contributed by atoms with Crippen LogP contribution in [0.25, 0.3) is 0 Å². The largest absolute Gasteiger partial charge is 0.482 e. The third-order valence-electron chi connectivity index (χ3n) is 5.99. The number of benzene rings is 3. The number of hydrogen-bond acceptors (Lipinski definition) is 6. The van der Waals surface area contributed by atoms with Crippen molar-refractivity contribution < 1.29 is 23.9 Å². The Morgan fingerprint density at radius 2 is 1.66 bits per heavy atom. The fourth-order valence-electron chi connectivity index (χ4n) is 4.30. The van der Waals surface area contributed by atoms with Gasteiger partial charge in [0, 0.05) is 17.2 Å². The van der Waals surface area contributed by atoms with Crippen LogP contribution in [0.4, 0.5) is 11.4 Å². The Kier molecular flexibility index (Phi) is 6.72. The van der Waals surface area contributed by atoms with Crippen molar-refractivity contribution in [1.29, 1.82) is 0 Å². The van der Waals surface area contributed by atoms with Crippen LogP contribution < -0.4 is 14.5 Å². The third-order valence-corrected chi connectivity index (χ3v) is 7.13. The predicted molar refractivity (Wildman–Crippen MR) is 134 cm³/mol. The van der Waals surface area contributed by atoms with E-state index in [-0.39, 0.29) is 44.0 Å². The molecule has 178 valence electrons. The predicted octanol–water partition coefficient (Wildman–Crippen LogP) is 4.23. The van der Waals surface area contributed by atoms with Crippen LogP contribution in [-0.4, -0.2) is 43.3 Å². The van der Waals surface area contributed by atoms with Crippen molar-refractivity contribution in [2.75, 3.05) is 35.3 Å². The first-order chi connectivity index (χ1) is 17.1. The van der Waals surface area contributed by atoms with Crippen molar-refractivity contribution >= 4 is 40.9 Å². The van der Waals surface area contributed by atoms with Crippen molar-refractivity contribution in [3.05, 3.63) is 84.4 Å². The summed E-state index contributed by atoms with van der Waals surface area (Å²) in [5.41, 5.74) is 2.47. The number of fused-ring (bicyclic) bond motifs is 2. The highest BCUT2D eigenvalue weighted by Crippen LogP contribution is 2.43. The normalized spacial score (nSPS) is 16.7. The van der Waals surface area contributed by atoms with Crippen molar-refractivity contribution in [3.8, 4) is 5.75 Å². The van der Waals surface area contributed by atoms with Crippen LogP contribution in [0.1, 0.15) is 18.0 Å². The van der Waals surface area contributed by atoms with E-state index in [1.165, 1.54) is 4.90 Å². The molecule has 8 heteroatoms. The van der Waals surface area contributed by atoms with Gasteiger partial charge in [-0.1, -0.05) is 54.6 Å². The molecule has 35 heavy (non-hydrogen) atoms.